The number of nitrogens with one attached hydrogen (secondary N) is 1. The SMILES string of the molecule is CCCSc1nc(NC2CC2c2ccc(C)cc2)c2nnn([C@@H]3C[C@H](CO)[C@@H](O)[C@H]3O)c2n1. The number of nitrogens with zero attached hydrogens (tertiary/aromatic N) is 5. The van der Waals surface area contributed by atoms with E-state index in [0.717, 1.165) is 18.6 Å². The van der Waals surface area contributed by atoms with Crippen LogP contribution in [0.2, 0.25) is 0 Å². The summed E-state index contributed by atoms with van der Waals surface area (Å²) in [6.07, 6.45) is 0.371. The van der Waals surface area contributed by atoms with Crippen LogP contribution in [0.1, 0.15) is 49.3 Å². The summed E-state index contributed by atoms with van der Waals surface area (Å²) in [4.78, 5) is 9.44. The molecule has 0 aliphatic heterocycles. The van der Waals surface area contributed by atoms with Gasteiger partial charge in [-0.1, -0.05) is 53.7 Å². The maximum absolute atomic E-state index is 10.6. The van der Waals surface area contributed by atoms with Gasteiger partial charge in [0.1, 0.15) is 6.10 Å². The zero-order valence-corrected chi connectivity index (χ0v) is 19.6. The molecule has 2 aliphatic carbocycles. The first-order valence-corrected chi connectivity index (χ1v) is 12.5. The summed E-state index contributed by atoms with van der Waals surface area (Å²) in [5.74, 6) is 1.56. The fourth-order valence-electron chi connectivity index (χ4n) is 4.63. The number of hydrogen-bond donors (Lipinski definition) is 4. The Morgan fingerprint density at radius 3 is 2.61 bits per heavy atom. The molecule has 2 aliphatic rings. The predicted octanol–water partition coefficient (Wildman–Crippen LogP) is 2.27. The van der Waals surface area contributed by atoms with Crippen LogP contribution in [0.3, 0.4) is 0 Å². The number of benzene rings is 1. The van der Waals surface area contributed by atoms with Gasteiger partial charge in [-0.05, 0) is 31.7 Å². The number of aromatic nitrogens is 5. The second-order valence-corrected chi connectivity index (χ2v) is 10.2. The fourth-order valence-corrected chi connectivity index (χ4v) is 5.32. The van der Waals surface area contributed by atoms with Crippen molar-refractivity contribution in [2.75, 3.05) is 17.7 Å². The molecular weight excluding hydrogens is 440 g/mol. The molecule has 0 bridgehead atoms. The molecule has 4 N–H and O–H groups in total. The minimum absolute atomic E-state index is 0.192. The highest BCUT2D eigenvalue weighted by Crippen LogP contribution is 2.44. The van der Waals surface area contributed by atoms with E-state index in [0.29, 0.717) is 34.5 Å². The van der Waals surface area contributed by atoms with Crippen LogP contribution in [0.15, 0.2) is 29.4 Å². The van der Waals surface area contributed by atoms with Crippen LogP contribution in [0.25, 0.3) is 11.2 Å². The Bertz CT molecular complexity index is 1120. The van der Waals surface area contributed by atoms with E-state index < -0.39 is 24.2 Å². The van der Waals surface area contributed by atoms with E-state index in [1.807, 2.05) is 0 Å². The molecule has 2 unspecified atom stereocenters. The van der Waals surface area contributed by atoms with E-state index in [1.54, 1.807) is 16.4 Å². The van der Waals surface area contributed by atoms with Crippen molar-refractivity contribution in [2.45, 2.75) is 68.5 Å². The molecule has 33 heavy (non-hydrogen) atoms. The lowest BCUT2D eigenvalue weighted by Crippen LogP contribution is -2.30. The Hall–Kier alpha value is -2.27. The molecule has 2 heterocycles. The highest BCUT2D eigenvalue weighted by Gasteiger charge is 2.44. The molecule has 5 rings (SSSR count). The van der Waals surface area contributed by atoms with Crippen molar-refractivity contribution in [3.8, 4) is 0 Å². The third-order valence-corrected chi connectivity index (χ3v) is 7.73. The Kier molecular flexibility index (Phi) is 6.26. The van der Waals surface area contributed by atoms with Gasteiger partial charge in [-0.25, -0.2) is 14.6 Å². The van der Waals surface area contributed by atoms with Gasteiger partial charge in [-0.3, -0.25) is 0 Å². The molecule has 0 radical (unpaired) electrons. The predicted molar refractivity (Wildman–Crippen MR) is 126 cm³/mol. The maximum Gasteiger partial charge on any atom is 0.191 e. The average Bonchev–Trinajstić information content (AvgIpc) is 3.35. The average molecular weight is 471 g/mol. The molecule has 10 heteroatoms. The lowest BCUT2D eigenvalue weighted by atomic mass is 10.1. The van der Waals surface area contributed by atoms with Gasteiger partial charge in [-0.15, -0.1) is 5.10 Å². The Morgan fingerprint density at radius 2 is 1.91 bits per heavy atom. The molecule has 0 saturated heterocycles. The summed E-state index contributed by atoms with van der Waals surface area (Å²) in [6, 6.07) is 8.40. The number of anilines is 1. The maximum atomic E-state index is 10.6. The summed E-state index contributed by atoms with van der Waals surface area (Å²) >= 11 is 1.57. The summed E-state index contributed by atoms with van der Waals surface area (Å²) in [5.41, 5.74) is 3.65. The van der Waals surface area contributed by atoms with Crippen LogP contribution in [0, 0.1) is 12.8 Å². The minimum atomic E-state index is -1.04. The van der Waals surface area contributed by atoms with Gasteiger partial charge in [0.25, 0.3) is 0 Å². The highest BCUT2D eigenvalue weighted by atomic mass is 32.2. The van der Waals surface area contributed by atoms with Crippen molar-refractivity contribution in [1.82, 2.24) is 25.0 Å². The first kappa shape index (κ1) is 22.5. The lowest BCUT2D eigenvalue weighted by Gasteiger charge is -2.17. The van der Waals surface area contributed by atoms with Crippen molar-refractivity contribution in [1.29, 1.82) is 0 Å². The lowest BCUT2D eigenvalue weighted by molar-refractivity contribution is -0.00512. The van der Waals surface area contributed by atoms with Crippen LogP contribution in [0.5, 0.6) is 0 Å². The van der Waals surface area contributed by atoms with Crippen LogP contribution in [-0.4, -0.2) is 70.9 Å². The standard InChI is InChI=1S/C23H30N6O3S/c1-3-8-33-23-25-21(24-16-10-15(16)13-6-4-12(2)5-7-13)18-22(26-23)29(28-27-18)17-9-14(11-30)19(31)20(17)32/h4-7,14-17,19-20,30-32H,3,8-11H2,1-2H3,(H,24,25,26)/t14-,15?,16?,17-,19-,20+/m1/s1. The highest BCUT2D eigenvalue weighted by molar-refractivity contribution is 7.99. The molecule has 6 atom stereocenters. The van der Waals surface area contributed by atoms with Crippen LogP contribution < -0.4 is 5.32 Å². The van der Waals surface area contributed by atoms with E-state index >= 15 is 0 Å². The molecule has 1 aromatic carbocycles. The van der Waals surface area contributed by atoms with Gasteiger partial charge in [-0.2, -0.15) is 0 Å². The largest absolute Gasteiger partial charge is 0.396 e. The Morgan fingerprint density at radius 1 is 1.12 bits per heavy atom. The van der Waals surface area contributed by atoms with Gasteiger partial charge in [0, 0.05) is 30.2 Å². The normalized spacial score (nSPS) is 29.0. The number of fused-ring (bicyclic) bond motifs is 1. The minimum Gasteiger partial charge on any atom is -0.396 e. The molecule has 176 valence electrons. The summed E-state index contributed by atoms with van der Waals surface area (Å²) in [6.45, 7) is 4.01. The van der Waals surface area contributed by atoms with Gasteiger partial charge in [0.2, 0.25) is 0 Å². The van der Waals surface area contributed by atoms with Crippen molar-refractivity contribution < 1.29 is 15.3 Å². The fraction of sp³-hybridized carbons (Fsp3) is 0.565. The number of thioether (sulfide) groups is 1. The van der Waals surface area contributed by atoms with Gasteiger partial charge >= 0.3 is 0 Å². The number of aliphatic hydroxyl groups is 3. The summed E-state index contributed by atoms with van der Waals surface area (Å²) in [5, 5.41) is 43.3. The first-order chi connectivity index (χ1) is 16.0. The quantitative estimate of drug-likeness (QED) is 0.289. The third-order valence-electron chi connectivity index (χ3n) is 6.68. The van der Waals surface area contributed by atoms with Gasteiger partial charge in [0.15, 0.2) is 22.1 Å². The molecule has 0 amide bonds. The summed E-state index contributed by atoms with van der Waals surface area (Å²) < 4.78 is 1.59. The number of aliphatic hydroxyl groups excluding tert-OH is 3. The van der Waals surface area contributed by atoms with E-state index in [2.05, 4.69) is 53.7 Å². The topological polar surface area (TPSA) is 129 Å². The third kappa shape index (κ3) is 4.32. The van der Waals surface area contributed by atoms with E-state index in [1.165, 1.54) is 11.1 Å². The second-order valence-electron chi connectivity index (χ2n) is 9.14. The van der Waals surface area contributed by atoms with Gasteiger partial charge < -0.3 is 20.6 Å². The van der Waals surface area contributed by atoms with Crippen molar-refractivity contribution >= 4 is 28.7 Å². The van der Waals surface area contributed by atoms with Crippen molar-refractivity contribution in [2.24, 2.45) is 5.92 Å². The Balaban J connectivity index is 1.45. The second kappa shape index (κ2) is 9.17. The van der Waals surface area contributed by atoms with Crippen LogP contribution in [-0.2, 0) is 0 Å². The van der Waals surface area contributed by atoms with Gasteiger partial charge in [0.05, 0.1) is 12.1 Å². The number of aryl methyl sites for hydroxylation is 1. The smallest absolute Gasteiger partial charge is 0.191 e. The first-order valence-electron chi connectivity index (χ1n) is 11.6. The molecule has 2 saturated carbocycles. The van der Waals surface area contributed by atoms with Crippen LogP contribution in [0.4, 0.5) is 5.82 Å². The Labute approximate surface area is 196 Å². The van der Waals surface area contributed by atoms with Crippen molar-refractivity contribution in [3.63, 3.8) is 0 Å². The van der Waals surface area contributed by atoms with E-state index in [-0.39, 0.29) is 12.6 Å². The van der Waals surface area contributed by atoms with Crippen LogP contribution >= 0.6 is 11.8 Å². The molecular formula is C23H30N6O3S. The zero-order chi connectivity index (χ0) is 23.1. The van der Waals surface area contributed by atoms with E-state index in [9.17, 15) is 15.3 Å². The molecule has 2 aromatic heterocycles. The van der Waals surface area contributed by atoms with Crippen molar-refractivity contribution in [3.05, 3.63) is 35.4 Å². The number of hydrogen-bond acceptors (Lipinski definition) is 9. The molecule has 0 spiro atoms. The van der Waals surface area contributed by atoms with E-state index in [4.69, 9.17) is 9.97 Å². The molecule has 3 aromatic rings. The zero-order valence-electron chi connectivity index (χ0n) is 18.8. The monoisotopic (exact) mass is 470 g/mol. The number of rotatable bonds is 8. The molecule has 2 fully saturated rings. The summed E-state index contributed by atoms with van der Waals surface area (Å²) in [7, 11) is 0. The molecule has 9 nitrogen and oxygen atoms in total.